The molecule has 0 saturated carbocycles. The average Bonchev–Trinajstić information content (AvgIpc) is 2.08. The van der Waals surface area contributed by atoms with Crippen LogP contribution in [-0.4, -0.2) is 9.93 Å². The van der Waals surface area contributed by atoms with Crippen LogP contribution in [0.15, 0.2) is 18.2 Å². The Morgan fingerprint density at radius 1 is 1.23 bits per heavy atom. The molecule has 13 heavy (non-hydrogen) atoms. The quantitative estimate of drug-likeness (QED) is 0.791. The summed E-state index contributed by atoms with van der Waals surface area (Å²) in [5.41, 5.74) is 3.47. The number of benzene rings is 1. The van der Waals surface area contributed by atoms with Gasteiger partial charge in [-0.05, 0) is 37.5 Å². The van der Waals surface area contributed by atoms with Crippen molar-refractivity contribution in [3.63, 3.8) is 0 Å². The number of aliphatic hydroxyl groups is 1. The van der Waals surface area contributed by atoms with Crippen LogP contribution in [0.2, 0.25) is 0 Å². The number of alkyl halides is 1. The van der Waals surface area contributed by atoms with Gasteiger partial charge in [0, 0.05) is 4.83 Å². The standard InChI is InChI=1S/C11H15BrO/c1-7-4-5-10(6-8(7)2)11(13)9(3)12/h4-6,9,11,13H,1-3H3. The van der Waals surface area contributed by atoms with Crippen molar-refractivity contribution in [1.29, 1.82) is 0 Å². The zero-order valence-corrected chi connectivity index (χ0v) is 9.80. The van der Waals surface area contributed by atoms with Gasteiger partial charge in [0.05, 0.1) is 6.10 Å². The molecule has 0 aromatic heterocycles. The van der Waals surface area contributed by atoms with E-state index in [0.29, 0.717) is 0 Å². The van der Waals surface area contributed by atoms with E-state index in [2.05, 4.69) is 29.8 Å². The van der Waals surface area contributed by atoms with E-state index in [9.17, 15) is 5.11 Å². The number of rotatable bonds is 2. The van der Waals surface area contributed by atoms with E-state index < -0.39 is 6.10 Å². The van der Waals surface area contributed by atoms with Crippen LogP contribution in [0.25, 0.3) is 0 Å². The molecule has 2 atom stereocenters. The minimum atomic E-state index is -0.417. The first-order valence-electron chi connectivity index (χ1n) is 4.41. The number of halogens is 1. The third kappa shape index (κ3) is 2.55. The lowest BCUT2D eigenvalue weighted by molar-refractivity contribution is 0.181. The second-order valence-electron chi connectivity index (χ2n) is 3.47. The van der Waals surface area contributed by atoms with Gasteiger partial charge >= 0.3 is 0 Å². The zero-order chi connectivity index (χ0) is 10.0. The summed E-state index contributed by atoms with van der Waals surface area (Å²) < 4.78 is 0. The molecule has 1 nitrogen and oxygen atoms in total. The Balaban J connectivity index is 2.97. The van der Waals surface area contributed by atoms with Gasteiger partial charge in [0.15, 0.2) is 0 Å². The molecule has 0 amide bonds. The van der Waals surface area contributed by atoms with Crippen molar-refractivity contribution in [1.82, 2.24) is 0 Å². The summed E-state index contributed by atoms with van der Waals surface area (Å²) >= 11 is 3.37. The van der Waals surface area contributed by atoms with Crippen molar-refractivity contribution in [2.75, 3.05) is 0 Å². The van der Waals surface area contributed by atoms with Crippen molar-refractivity contribution >= 4 is 15.9 Å². The summed E-state index contributed by atoms with van der Waals surface area (Å²) in [4.78, 5) is 0.0922. The molecule has 1 aromatic rings. The van der Waals surface area contributed by atoms with Crippen molar-refractivity contribution in [2.24, 2.45) is 0 Å². The Morgan fingerprint density at radius 3 is 2.31 bits per heavy atom. The highest BCUT2D eigenvalue weighted by molar-refractivity contribution is 9.09. The van der Waals surface area contributed by atoms with Crippen LogP contribution >= 0.6 is 15.9 Å². The smallest absolute Gasteiger partial charge is 0.0912 e. The Bertz CT molecular complexity index is 294. The minimum Gasteiger partial charge on any atom is -0.387 e. The molecular formula is C11H15BrO. The molecular weight excluding hydrogens is 228 g/mol. The first kappa shape index (κ1) is 10.7. The van der Waals surface area contributed by atoms with Gasteiger partial charge in [-0.25, -0.2) is 0 Å². The van der Waals surface area contributed by atoms with Crippen molar-refractivity contribution in [3.8, 4) is 0 Å². The number of hydrogen-bond donors (Lipinski definition) is 1. The second kappa shape index (κ2) is 4.25. The Hall–Kier alpha value is -0.340. The number of hydrogen-bond acceptors (Lipinski definition) is 1. The Morgan fingerprint density at radius 2 is 1.85 bits per heavy atom. The van der Waals surface area contributed by atoms with E-state index in [1.54, 1.807) is 0 Å². The largest absolute Gasteiger partial charge is 0.387 e. The van der Waals surface area contributed by atoms with Crippen LogP contribution in [0.5, 0.6) is 0 Å². The Kier molecular flexibility index (Phi) is 3.51. The van der Waals surface area contributed by atoms with Gasteiger partial charge in [0.2, 0.25) is 0 Å². The molecule has 1 aromatic carbocycles. The second-order valence-corrected chi connectivity index (χ2v) is 4.91. The van der Waals surface area contributed by atoms with E-state index >= 15 is 0 Å². The van der Waals surface area contributed by atoms with E-state index in [4.69, 9.17) is 0 Å². The highest BCUT2D eigenvalue weighted by atomic mass is 79.9. The van der Waals surface area contributed by atoms with Crippen LogP contribution < -0.4 is 0 Å². The topological polar surface area (TPSA) is 20.2 Å². The van der Waals surface area contributed by atoms with Gasteiger partial charge in [-0.3, -0.25) is 0 Å². The van der Waals surface area contributed by atoms with Gasteiger partial charge in [-0.1, -0.05) is 34.1 Å². The number of aryl methyl sites for hydroxylation is 2. The highest BCUT2D eigenvalue weighted by Gasteiger charge is 2.13. The maximum Gasteiger partial charge on any atom is 0.0912 e. The molecule has 2 unspecified atom stereocenters. The fourth-order valence-electron chi connectivity index (χ4n) is 1.21. The molecule has 0 spiro atoms. The van der Waals surface area contributed by atoms with E-state index in [-0.39, 0.29) is 4.83 Å². The maximum atomic E-state index is 9.77. The molecule has 72 valence electrons. The summed E-state index contributed by atoms with van der Waals surface area (Å²) in [6.45, 7) is 6.08. The lowest BCUT2D eigenvalue weighted by Crippen LogP contribution is -2.07. The van der Waals surface area contributed by atoms with Gasteiger partial charge < -0.3 is 5.11 Å². The monoisotopic (exact) mass is 242 g/mol. The molecule has 0 saturated heterocycles. The summed E-state index contributed by atoms with van der Waals surface area (Å²) in [5.74, 6) is 0. The van der Waals surface area contributed by atoms with Crippen LogP contribution in [0.3, 0.4) is 0 Å². The predicted octanol–water partition coefficient (Wildman–Crippen LogP) is 3.12. The molecule has 0 bridgehead atoms. The molecule has 0 aliphatic heterocycles. The van der Waals surface area contributed by atoms with Crippen molar-refractivity contribution in [2.45, 2.75) is 31.7 Å². The predicted molar refractivity (Wildman–Crippen MR) is 59.3 cm³/mol. The van der Waals surface area contributed by atoms with Crippen molar-refractivity contribution in [3.05, 3.63) is 34.9 Å². The van der Waals surface area contributed by atoms with Crippen molar-refractivity contribution < 1.29 is 5.11 Å². The van der Waals surface area contributed by atoms with Crippen LogP contribution in [-0.2, 0) is 0 Å². The average molecular weight is 243 g/mol. The molecule has 0 aliphatic rings. The first-order valence-corrected chi connectivity index (χ1v) is 5.33. The SMILES string of the molecule is Cc1ccc(C(O)C(C)Br)cc1C. The summed E-state index contributed by atoms with van der Waals surface area (Å²) in [6, 6.07) is 6.06. The molecule has 0 fully saturated rings. The van der Waals surface area contributed by atoms with E-state index in [1.807, 2.05) is 25.1 Å². The number of aliphatic hydroxyl groups excluding tert-OH is 1. The minimum absolute atomic E-state index is 0.0922. The van der Waals surface area contributed by atoms with E-state index in [0.717, 1.165) is 5.56 Å². The fourth-order valence-corrected chi connectivity index (χ4v) is 1.52. The molecule has 2 heteroatoms. The van der Waals surface area contributed by atoms with Gasteiger partial charge in [-0.2, -0.15) is 0 Å². The van der Waals surface area contributed by atoms with Gasteiger partial charge in [0.25, 0.3) is 0 Å². The van der Waals surface area contributed by atoms with Gasteiger partial charge in [-0.15, -0.1) is 0 Å². The molecule has 0 radical (unpaired) electrons. The zero-order valence-electron chi connectivity index (χ0n) is 8.21. The summed E-state index contributed by atoms with van der Waals surface area (Å²) in [5, 5.41) is 9.77. The summed E-state index contributed by atoms with van der Waals surface area (Å²) in [7, 11) is 0. The van der Waals surface area contributed by atoms with Gasteiger partial charge in [0.1, 0.15) is 0 Å². The third-order valence-corrected chi connectivity index (χ3v) is 2.81. The van der Waals surface area contributed by atoms with Crippen LogP contribution in [0.4, 0.5) is 0 Å². The molecule has 0 aliphatic carbocycles. The lowest BCUT2D eigenvalue weighted by Gasteiger charge is -2.14. The normalized spacial score (nSPS) is 15.5. The van der Waals surface area contributed by atoms with Crippen LogP contribution in [0.1, 0.15) is 29.7 Å². The van der Waals surface area contributed by atoms with E-state index in [1.165, 1.54) is 11.1 Å². The summed E-state index contributed by atoms with van der Waals surface area (Å²) in [6.07, 6.45) is -0.417. The molecule has 0 heterocycles. The Labute approximate surface area is 87.9 Å². The molecule has 1 N–H and O–H groups in total. The molecule has 1 rings (SSSR count). The fraction of sp³-hybridized carbons (Fsp3) is 0.455. The lowest BCUT2D eigenvalue weighted by atomic mass is 10.0. The van der Waals surface area contributed by atoms with Crippen LogP contribution in [0, 0.1) is 13.8 Å². The third-order valence-electron chi connectivity index (χ3n) is 2.31. The first-order chi connectivity index (χ1) is 6.02. The maximum absolute atomic E-state index is 9.77. The highest BCUT2D eigenvalue weighted by Crippen LogP contribution is 2.23.